The minimum absolute atomic E-state index is 0.0964. The summed E-state index contributed by atoms with van der Waals surface area (Å²) in [6.07, 6.45) is 19.4. The Kier molecular flexibility index (Phi) is 24.2. The van der Waals surface area contributed by atoms with Gasteiger partial charge in [0.1, 0.15) is 25.5 Å². The molecule has 3 atom stereocenters. The second-order valence-electron chi connectivity index (χ2n) is 11.6. The molecule has 2 N–H and O–H groups in total. The predicted molar refractivity (Wildman–Crippen MR) is 155 cm³/mol. The van der Waals surface area contributed by atoms with Gasteiger partial charge in [-0.25, -0.2) is 4.57 Å². The number of nitrogens with zero attached hydrogens (tertiary/aromatic N) is 1. The molecule has 0 aromatic heterocycles. The number of quaternary nitrogens is 1. The molecule has 228 valence electrons. The Morgan fingerprint density at radius 2 is 1.29 bits per heavy atom. The molecule has 0 spiro atoms. The molecule has 0 aliphatic rings. The van der Waals surface area contributed by atoms with Gasteiger partial charge in [-0.3, -0.25) is 9.05 Å². The van der Waals surface area contributed by atoms with Gasteiger partial charge in [0.25, 0.3) is 0 Å². The highest BCUT2D eigenvalue weighted by atomic mass is 31.2. The Morgan fingerprint density at radius 3 is 1.76 bits per heavy atom. The normalized spacial score (nSPS) is 15.3. The van der Waals surface area contributed by atoms with E-state index in [0.717, 1.165) is 25.5 Å². The van der Waals surface area contributed by atoms with E-state index >= 15 is 0 Å². The highest BCUT2D eigenvalue weighted by molar-refractivity contribution is 7.47. The molecule has 0 bridgehead atoms. The smallest absolute Gasteiger partial charge is 0.394 e. The van der Waals surface area contributed by atoms with Crippen molar-refractivity contribution >= 4 is 14.1 Å². The number of aliphatic hydroxyl groups is 1. The van der Waals surface area contributed by atoms with Crippen LogP contribution in [0.5, 0.6) is 0 Å². The van der Waals surface area contributed by atoms with Crippen molar-refractivity contribution in [2.24, 2.45) is 0 Å². The summed E-state index contributed by atoms with van der Waals surface area (Å²) in [6, 6.07) is 0. The number of aldehydes is 1. The maximum absolute atomic E-state index is 12.6. The summed E-state index contributed by atoms with van der Waals surface area (Å²) in [5.41, 5.74) is 0. The number of hydrogen-bond acceptors (Lipinski definition) is 6. The molecular formula is C29H61NO7P+. The summed E-state index contributed by atoms with van der Waals surface area (Å²) >= 11 is 0. The van der Waals surface area contributed by atoms with Crippen LogP contribution >= 0.6 is 7.82 Å². The molecule has 0 aliphatic heterocycles. The van der Waals surface area contributed by atoms with Crippen LogP contribution < -0.4 is 0 Å². The first-order valence-corrected chi connectivity index (χ1v) is 16.8. The molecule has 0 saturated carbocycles. The van der Waals surface area contributed by atoms with E-state index < -0.39 is 20.0 Å². The molecular weight excluding hydrogens is 505 g/mol. The molecule has 8 nitrogen and oxygen atoms in total. The van der Waals surface area contributed by atoms with E-state index in [4.69, 9.17) is 13.8 Å². The maximum atomic E-state index is 12.6. The third kappa shape index (κ3) is 24.7. The van der Waals surface area contributed by atoms with Gasteiger partial charge in [0, 0.05) is 13.0 Å². The number of unbranched alkanes of at least 4 members (excludes halogenated alkanes) is 15. The second kappa shape index (κ2) is 24.5. The van der Waals surface area contributed by atoms with Crippen LogP contribution in [-0.4, -0.2) is 80.5 Å². The number of carbonyl (C=O) groups is 1. The van der Waals surface area contributed by atoms with Crippen LogP contribution in [0.15, 0.2) is 0 Å². The highest BCUT2D eigenvalue weighted by Gasteiger charge is 2.32. The largest absolute Gasteiger partial charge is 0.472 e. The number of hydrogen-bond donors (Lipinski definition) is 2. The zero-order valence-electron chi connectivity index (χ0n) is 25.1. The van der Waals surface area contributed by atoms with E-state index in [9.17, 15) is 19.4 Å². The molecule has 0 aromatic carbocycles. The number of ether oxygens (including phenoxy) is 1. The Hall–Kier alpha value is -0.340. The third-order valence-electron chi connectivity index (χ3n) is 6.77. The first kappa shape index (κ1) is 37.7. The number of phosphoric ester groups is 1. The molecule has 2 unspecified atom stereocenters. The summed E-state index contributed by atoms with van der Waals surface area (Å²) in [5.74, 6) is 0. The summed E-state index contributed by atoms with van der Waals surface area (Å²) in [7, 11) is 1.64. The Balaban J connectivity index is 4.40. The fourth-order valence-electron chi connectivity index (χ4n) is 4.32. The van der Waals surface area contributed by atoms with Gasteiger partial charge in [-0.2, -0.15) is 0 Å². The van der Waals surface area contributed by atoms with Gasteiger partial charge in [0.15, 0.2) is 0 Å². The van der Waals surface area contributed by atoms with E-state index in [2.05, 4.69) is 6.92 Å². The van der Waals surface area contributed by atoms with E-state index in [-0.39, 0.29) is 13.2 Å². The topological polar surface area (TPSA) is 102 Å². The molecule has 0 radical (unpaired) electrons. The van der Waals surface area contributed by atoms with Crippen molar-refractivity contribution in [1.82, 2.24) is 0 Å². The van der Waals surface area contributed by atoms with E-state index in [0.29, 0.717) is 43.3 Å². The minimum atomic E-state index is -4.29. The zero-order chi connectivity index (χ0) is 28.5. The van der Waals surface area contributed by atoms with Crippen LogP contribution in [0.25, 0.3) is 0 Å². The lowest BCUT2D eigenvalue weighted by molar-refractivity contribution is -0.870. The molecule has 0 aliphatic carbocycles. The van der Waals surface area contributed by atoms with Gasteiger partial charge in [0.05, 0.1) is 33.9 Å². The first-order valence-electron chi connectivity index (χ1n) is 15.3. The maximum Gasteiger partial charge on any atom is 0.472 e. The molecule has 0 amide bonds. The van der Waals surface area contributed by atoms with Crippen molar-refractivity contribution in [2.75, 3.05) is 47.5 Å². The fourth-order valence-corrected chi connectivity index (χ4v) is 5.28. The first-order chi connectivity index (χ1) is 18.1. The molecule has 0 fully saturated rings. The Bertz CT molecular complexity index is 586. The van der Waals surface area contributed by atoms with Crippen LogP contribution in [0.4, 0.5) is 0 Å². The summed E-state index contributed by atoms with van der Waals surface area (Å²) in [6.45, 7) is 2.96. The van der Waals surface area contributed by atoms with Gasteiger partial charge < -0.3 is 24.0 Å². The van der Waals surface area contributed by atoms with Crippen molar-refractivity contribution in [2.45, 2.75) is 135 Å². The van der Waals surface area contributed by atoms with Crippen LogP contribution in [0.3, 0.4) is 0 Å². The number of carbonyl (C=O) groups excluding carboxylic acids is 1. The summed E-state index contributed by atoms with van der Waals surface area (Å²) in [4.78, 5) is 20.8. The molecule has 0 rings (SSSR count). The number of rotatable bonds is 29. The zero-order valence-corrected chi connectivity index (χ0v) is 26.0. The van der Waals surface area contributed by atoms with Gasteiger partial charge in [0.2, 0.25) is 0 Å². The summed E-state index contributed by atoms with van der Waals surface area (Å²) < 4.78 is 29.8. The number of phosphoric acid groups is 1. The van der Waals surface area contributed by atoms with Gasteiger partial charge in [-0.15, -0.1) is 0 Å². The van der Waals surface area contributed by atoms with Crippen LogP contribution in [-0.2, 0) is 23.1 Å². The standard InChI is InChI=1S/C29H60NO7P/c1-5-6-7-8-9-10-11-12-13-14-15-16-17-19-22-28(29(27-32)35-25-21-18-20-24-31)37-38(33,34)36-26-23-30(2,3)4/h24,28-29,32H,5-23,25-27H2,1-4H3/p+1/t28?,29-/m0/s1. The van der Waals surface area contributed by atoms with E-state index in [1.807, 2.05) is 21.1 Å². The molecule has 0 heterocycles. The lowest BCUT2D eigenvalue weighted by Crippen LogP contribution is -2.38. The van der Waals surface area contributed by atoms with Crippen molar-refractivity contribution in [3.63, 3.8) is 0 Å². The van der Waals surface area contributed by atoms with Crippen LogP contribution in [0.2, 0.25) is 0 Å². The average molecular weight is 567 g/mol. The average Bonchev–Trinajstić information content (AvgIpc) is 2.85. The lowest BCUT2D eigenvalue weighted by atomic mass is 10.0. The summed E-state index contributed by atoms with van der Waals surface area (Å²) in [5, 5.41) is 9.92. The van der Waals surface area contributed by atoms with Crippen molar-refractivity contribution in [3.8, 4) is 0 Å². The number of aliphatic hydroxyl groups excluding tert-OH is 1. The highest BCUT2D eigenvalue weighted by Crippen LogP contribution is 2.46. The fraction of sp³-hybridized carbons (Fsp3) is 0.966. The van der Waals surface area contributed by atoms with Crippen LogP contribution in [0.1, 0.15) is 122 Å². The number of likely N-dealkylation sites (N-methyl/N-ethyl adjacent to an activating group) is 1. The SMILES string of the molecule is CCCCCCCCCCCCCCCCC(OP(=O)(O)OCC[N+](C)(C)C)[C@H](CO)OCCCCC=O. The van der Waals surface area contributed by atoms with Crippen molar-refractivity contribution < 1.29 is 37.6 Å². The monoisotopic (exact) mass is 566 g/mol. The molecule has 0 aromatic rings. The quantitative estimate of drug-likeness (QED) is 0.0444. The van der Waals surface area contributed by atoms with E-state index in [1.165, 1.54) is 70.6 Å². The van der Waals surface area contributed by atoms with Crippen molar-refractivity contribution in [3.05, 3.63) is 0 Å². The molecule has 0 saturated heterocycles. The van der Waals surface area contributed by atoms with Crippen molar-refractivity contribution in [1.29, 1.82) is 0 Å². The minimum Gasteiger partial charge on any atom is -0.394 e. The third-order valence-corrected chi connectivity index (χ3v) is 7.82. The van der Waals surface area contributed by atoms with E-state index in [1.54, 1.807) is 0 Å². The predicted octanol–water partition coefficient (Wildman–Crippen LogP) is 6.81. The lowest BCUT2D eigenvalue weighted by Gasteiger charge is -2.28. The van der Waals surface area contributed by atoms with Gasteiger partial charge in [-0.1, -0.05) is 96.8 Å². The molecule has 9 heteroatoms. The molecule has 38 heavy (non-hydrogen) atoms. The van der Waals surface area contributed by atoms with Crippen LogP contribution in [0, 0.1) is 0 Å². The Labute approximate surface area is 234 Å². The second-order valence-corrected chi connectivity index (χ2v) is 13.0. The Morgan fingerprint density at radius 1 is 0.763 bits per heavy atom. The van der Waals surface area contributed by atoms with Gasteiger partial charge in [-0.05, 0) is 19.3 Å². The van der Waals surface area contributed by atoms with Gasteiger partial charge >= 0.3 is 7.82 Å².